The Balaban J connectivity index is 2.43. The highest BCUT2D eigenvalue weighted by atomic mass is 19.1. The van der Waals surface area contributed by atoms with E-state index in [-0.39, 0.29) is 11.3 Å². The van der Waals surface area contributed by atoms with Gasteiger partial charge in [-0.2, -0.15) is 0 Å². The molecular weight excluding hydrogens is 275 g/mol. The Kier molecular flexibility index (Phi) is 4.27. The Labute approximate surface area is 120 Å². The number of nitro groups is 1. The average molecular weight is 288 g/mol. The molecule has 0 unspecified atom stereocenters. The molecule has 0 aliphatic carbocycles. The number of para-hydroxylation sites is 1. The molecular formula is C15H13FN2O3. The number of carbonyl (C=O) groups excluding carboxylic acids is 1. The van der Waals surface area contributed by atoms with Crippen LogP contribution in [-0.4, -0.2) is 17.4 Å². The lowest BCUT2D eigenvalue weighted by Gasteiger charge is -2.21. The van der Waals surface area contributed by atoms with Crippen molar-refractivity contribution in [2.75, 3.05) is 11.4 Å². The molecule has 0 N–H and O–H groups in total. The van der Waals surface area contributed by atoms with Crippen LogP contribution in [0.3, 0.4) is 0 Å². The summed E-state index contributed by atoms with van der Waals surface area (Å²) in [6.45, 7) is 2.07. The number of nitrogens with zero attached hydrogens (tertiary/aromatic N) is 2. The first-order chi connectivity index (χ1) is 10.0. The van der Waals surface area contributed by atoms with Crippen molar-refractivity contribution in [1.29, 1.82) is 0 Å². The summed E-state index contributed by atoms with van der Waals surface area (Å²) in [5.41, 5.74) is -0.0188. The Morgan fingerprint density at radius 2 is 1.90 bits per heavy atom. The Hall–Kier alpha value is -2.76. The minimum absolute atomic E-state index is 0.310. The van der Waals surface area contributed by atoms with Gasteiger partial charge in [0, 0.05) is 24.4 Å². The fourth-order valence-electron chi connectivity index (χ4n) is 1.99. The van der Waals surface area contributed by atoms with Gasteiger partial charge in [-0.25, -0.2) is 4.39 Å². The second-order valence-electron chi connectivity index (χ2n) is 4.31. The van der Waals surface area contributed by atoms with E-state index in [0.717, 1.165) is 18.2 Å². The summed E-state index contributed by atoms with van der Waals surface area (Å²) in [4.78, 5) is 23.9. The van der Waals surface area contributed by atoms with E-state index in [1.807, 2.05) is 0 Å². The Bertz CT molecular complexity index is 674. The summed E-state index contributed by atoms with van der Waals surface area (Å²) in [5.74, 6) is -1.38. The summed E-state index contributed by atoms with van der Waals surface area (Å²) >= 11 is 0. The van der Waals surface area contributed by atoms with Crippen molar-refractivity contribution in [3.05, 3.63) is 70.0 Å². The van der Waals surface area contributed by atoms with Crippen LogP contribution in [0.25, 0.3) is 0 Å². The van der Waals surface area contributed by atoms with Gasteiger partial charge >= 0.3 is 0 Å². The zero-order valence-corrected chi connectivity index (χ0v) is 11.3. The molecule has 0 aliphatic heterocycles. The number of nitro benzene ring substituents is 1. The van der Waals surface area contributed by atoms with Gasteiger partial charge in [-0.3, -0.25) is 14.9 Å². The lowest BCUT2D eigenvalue weighted by atomic mass is 10.1. The van der Waals surface area contributed by atoms with Crippen molar-refractivity contribution in [1.82, 2.24) is 0 Å². The van der Waals surface area contributed by atoms with Gasteiger partial charge in [-0.15, -0.1) is 0 Å². The van der Waals surface area contributed by atoms with Crippen molar-refractivity contribution >= 4 is 17.3 Å². The molecule has 0 saturated carbocycles. The summed E-state index contributed by atoms with van der Waals surface area (Å²) in [5, 5.41) is 10.8. The number of rotatable bonds is 4. The van der Waals surface area contributed by atoms with E-state index in [0.29, 0.717) is 12.2 Å². The van der Waals surface area contributed by atoms with Crippen molar-refractivity contribution in [2.24, 2.45) is 0 Å². The molecule has 0 fully saturated rings. The molecule has 2 aromatic carbocycles. The SMILES string of the molecule is CCN(C(=O)c1cc([N+](=O)[O-])ccc1F)c1ccccc1. The van der Waals surface area contributed by atoms with E-state index >= 15 is 0 Å². The number of non-ortho nitro benzene ring substituents is 1. The smallest absolute Gasteiger partial charge is 0.270 e. The van der Waals surface area contributed by atoms with Gasteiger partial charge in [0.05, 0.1) is 10.5 Å². The molecule has 21 heavy (non-hydrogen) atoms. The second-order valence-corrected chi connectivity index (χ2v) is 4.31. The molecule has 2 rings (SSSR count). The number of hydrogen-bond donors (Lipinski definition) is 0. The monoisotopic (exact) mass is 288 g/mol. The van der Waals surface area contributed by atoms with Crippen LogP contribution in [0.5, 0.6) is 0 Å². The fraction of sp³-hybridized carbons (Fsp3) is 0.133. The first-order valence-corrected chi connectivity index (χ1v) is 6.35. The number of anilines is 1. The minimum Gasteiger partial charge on any atom is -0.309 e. The van der Waals surface area contributed by atoms with Crippen LogP contribution >= 0.6 is 0 Å². The maximum atomic E-state index is 13.8. The van der Waals surface area contributed by atoms with E-state index in [1.54, 1.807) is 37.3 Å². The molecule has 0 spiro atoms. The Morgan fingerprint density at radius 3 is 2.48 bits per heavy atom. The van der Waals surface area contributed by atoms with Crippen LogP contribution in [0.4, 0.5) is 15.8 Å². The Morgan fingerprint density at radius 1 is 1.24 bits per heavy atom. The molecule has 0 heterocycles. The van der Waals surface area contributed by atoms with E-state index in [1.165, 1.54) is 4.90 Å². The molecule has 2 aromatic rings. The quantitative estimate of drug-likeness (QED) is 0.639. The number of halogens is 1. The number of hydrogen-bond acceptors (Lipinski definition) is 3. The predicted molar refractivity (Wildman–Crippen MR) is 76.8 cm³/mol. The van der Waals surface area contributed by atoms with E-state index < -0.39 is 16.6 Å². The van der Waals surface area contributed by atoms with Crippen LogP contribution in [-0.2, 0) is 0 Å². The van der Waals surface area contributed by atoms with Gasteiger partial charge < -0.3 is 4.90 Å². The molecule has 5 nitrogen and oxygen atoms in total. The first-order valence-electron chi connectivity index (χ1n) is 6.35. The molecule has 1 amide bonds. The van der Waals surface area contributed by atoms with Crippen molar-refractivity contribution < 1.29 is 14.1 Å². The topological polar surface area (TPSA) is 63.5 Å². The van der Waals surface area contributed by atoms with Gasteiger partial charge in [0.2, 0.25) is 0 Å². The summed E-state index contributed by atoms with van der Waals surface area (Å²) < 4.78 is 13.8. The number of carbonyl (C=O) groups is 1. The van der Waals surface area contributed by atoms with E-state index in [9.17, 15) is 19.3 Å². The molecule has 0 bridgehead atoms. The molecule has 0 radical (unpaired) electrons. The van der Waals surface area contributed by atoms with Crippen molar-refractivity contribution in [2.45, 2.75) is 6.92 Å². The van der Waals surface area contributed by atoms with Crippen molar-refractivity contribution in [3.8, 4) is 0 Å². The predicted octanol–water partition coefficient (Wildman–Crippen LogP) is 3.40. The van der Waals surface area contributed by atoms with Gasteiger partial charge in [-0.05, 0) is 25.1 Å². The molecule has 6 heteroatoms. The highest BCUT2D eigenvalue weighted by Crippen LogP contribution is 2.21. The van der Waals surface area contributed by atoms with Gasteiger partial charge in [0.15, 0.2) is 0 Å². The molecule has 0 aliphatic rings. The molecule has 0 aromatic heterocycles. The van der Waals surface area contributed by atoms with Gasteiger partial charge in [-0.1, -0.05) is 18.2 Å². The number of amides is 1. The van der Waals surface area contributed by atoms with Crippen LogP contribution in [0.2, 0.25) is 0 Å². The highest BCUT2D eigenvalue weighted by Gasteiger charge is 2.22. The van der Waals surface area contributed by atoms with E-state index in [2.05, 4.69) is 0 Å². The summed E-state index contributed by atoms with van der Waals surface area (Å²) in [7, 11) is 0. The zero-order chi connectivity index (χ0) is 15.4. The first kappa shape index (κ1) is 14.6. The van der Waals surface area contributed by atoms with Crippen LogP contribution in [0, 0.1) is 15.9 Å². The lowest BCUT2D eigenvalue weighted by molar-refractivity contribution is -0.384. The summed E-state index contributed by atoms with van der Waals surface area (Å²) in [6, 6.07) is 11.7. The zero-order valence-electron chi connectivity index (χ0n) is 11.3. The molecule has 108 valence electrons. The third-order valence-corrected chi connectivity index (χ3v) is 3.02. The van der Waals surface area contributed by atoms with Crippen molar-refractivity contribution in [3.63, 3.8) is 0 Å². The molecule has 0 atom stereocenters. The maximum absolute atomic E-state index is 13.8. The standard InChI is InChI=1S/C15H13FN2O3/c1-2-17(11-6-4-3-5-7-11)15(19)13-10-12(18(20)21)8-9-14(13)16/h3-10H,2H2,1H3. The fourth-order valence-corrected chi connectivity index (χ4v) is 1.99. The van der Waals surface area contributed by atoms with Crippen LogP contribution < -0.4 is 4.90 Å². The van der Waals surface area contributed by atoms with Crippen LogP contribution in [0.1, 0.15) is 17.3 Å². The minimum atomic E-state index is -0.778. The van der Waals surface area contributed by atoms with E-state index in [4.69, 9.17) is 0 Å². The number of benzene rings is 2. The lowest BCUT2D eigenvalue weighted by Crippen LogP contribution is -2.31. The largest absolute Gasteiger partial charge is 0.309 e. The van der Waals surface area contributed by atoms with Gasteiger partial charge in [0.1, 0.15) is 5.82 Å². The highest BCUT2D eigenvalue weighted by molar-refractivity contribution is 6.06. The van der Waals surface area contributed by atoms with Gasteiger partial charge in [0.25, 0.3) is 11.6 Å². The maximum Gasteiger partial charge on any atom is 0.270 e. The third kappa shape index (κ3) is 3.05. The normalized spacial score (nSPS) is 10.2. The molecule has 0 saturated heterocycles. The van der Waals surface area contributed by atoms with Crippen LogP contribution in [0.15, 0.2) is 48.5 Å². The average Bonchev–Trinajstić information content (AvgIpc) is 2.49. The summed E-state index contributed by atoms with van der Waals surface area (Å²) in [6.07, 6.45) is 0. The third-order valence-electron chi connectivity index (χ3n) is 3.02. The second kappa shape index (κ2) is 6.13.